The predicted octanol–water partition coefficient (Wildman–Crippen LogP) is 2.53. The highest BCUT2D eigenvalue weighted by molar-refractivity contribution is 7.89. The van der Waals surface area contributed by atoms with Crippen molar-refractivity contribution in [3.05, 3.63) is 15.8 Å². The summed E-state index contributed by atoms with van der Waals surface area (Å²) < 4.78 is 27.8. The van der Waals surface area contributed by atoms with Crippen molar-refractivity contribution >= 4 is 21.4 Å². The van der Waals surface area contributed by atoms with E-state index in [1.54, 1.807) is 11.3 Å². The topological polar surface area (TPSA) is 58.2 Å². The SMILES string of the molecule is Cc1sc(CNC2CC2)cc1S(=O)(=O)NC1CCCC1. The van der Waals surface area contributed by atoms with Gasteiger partial charge in [0, 0.05) is 28.4 Å². The van der Waals surface area contributed by atoms with Crippen molar-refractivity contribution in [1.82, 2.24) is 10.0 Å². The first-order chi connectivity index (χ1) is 9.54. The summed E-state index contributed by atoms with van der Waals surface area (Å²) in [7, 11) is -3.34. The van der Waals surface area contributed by atoms with Crippen LogP contribution < -0.4 is 10.0 Å². The standard InChI is InChI=1S/C14H22N2O2S2/c1-10-14(8-13(19-10)9-15-11-6-7-11)20(17,18)16-12-4-2-3-5-12/h8,11-12,15-16H,2-7,9H2,1H3. The number of hydrogen-bond acceptors (Lipinski definition) is 4. The summed E-state index contributed by atoms with van der Waals surface area (Å²) in [4.78, 5) is 2.48. The lowest BCUT2D eigenvalue weighted by Crippen LogP contribution is -2.32. The number of nitrogens with one attached hydrogen (secondary N) is 2. The molecule has 112 valence electrons. The van der Waals surface area contributed by atoms with Crippen LogP contribution in [0.2, 0.25) is 0 Å². The van der Waals surface area contributed by atoms with Crippen molar-refractivity contribution in [2.75, 3.05) is 0 Å². The van der Waals surface area contributed by atoms with Gasteiger partial charge in [0.15, 0.2) is 0 Å². The molecule has 0 spiro atoms. The van der Waals surface area contributed by atoms with Gasteiger partial charge in [0.1, 0.15) is 0 Å². The lowest BCUT2D eigenvalue weighted by Gasteiger charge is -2.12. The molecule has 4 nitrogen and oxygen atoms in total. The summed E-state index contributed by atoms with van der Waals surface area (Å²) in [6, 6.07) is 2.62. The highest BCUT2D eigenvalue weighted by Gasteiger charge is 2.26. The van der Waals surface area contributed by atoms with Crippen LogP contribution in [0.25, 0.3) is 0 Å². The first-order valence-corrected chi connectivity index (χ1v) is 9.69. The smallest absolute Gasteiger partial charge is 0.241 e. The minimum absolute atomic E-state index is 0.132. The number of rotatable bonds is 6. The van der Waals surface area contributed by atoms with Gasteiger partial charge >= 0.3 is 0 Å². The molecule has 3 rings (SSSR count). The lowest BCUT2D eigenvalue weighted by molar-refractivity contribution is 0.552. The average molecular weight is 314 g/mol. The third kappa shape index (κ3) is 3.42. The Balaban J connectivity index is 1.70. The van der Waals surface area contributed by atoms with Gasteiger partial charge in [-0.05, 0) is 38.7 Å². The zero-order valence-electron chi connectivity index (χ0n) is 11.8. The van der Waals surface area contributed by atoms with Crippen LogP contribution >= 0.6 is 11.3 Å². The Bertz CT molecular complexity index is 570. The zero-order chi connectivity index (χ0) is 14.2. The molecule has 1 heterocycles. The van der Waals surface area contributed by atoms with Gasteiger partial charge in [0.05, 0.1) is 4.90 Å². The first-order valence-electron chi connectivity index (χ1n) is 7.39. The second kappa shape index (κ2) is 5.75. The molecule has 1 aromatic rings. The molecular formula is C14H22N2O2S2. The van der Waals surface area contributed by atoms with E-state index in [-0.39, 0.29) is 6.04 Å². The molecule has 0 amide bonds. The third-order valence-electron chi connectivity index (χ3n) is 4.03. The van der Waals surface area contributed by atoms with Crippen molar-refractivity contribution in [1.29, 1.82) is 0 Å². The molecule has 2 aliphatic rings. The molecule has 0 radical (unpaired) electrons. The molecule has 0 bridgehead atoms. The molecule has 0 aromatic carbocycles. The number of hydrogen-bond donors (Lipinski definition) is 2. The normalized spacial score (nSPS) is 20.6. The predicted molar refractivity (Wildman–Crippen MR) is 81.5 cm³/mol. The Hall–Kier alpha value is -0.430. The van der Waals surface area contributed by atoms with Crippen molar-refractivity contribution in [2.24, 2.45) is 0 Å². The molecule has 2 fully saturated rings. The van der Waals surface area contributed by atoms with E-state index in [0.29, 0.717) is 10.9 Å². The van der Waals surface area contributed by atoms with Crippen LogP contribution in [0.5, 0.6) is 0 Å². The van der Waals surface area contributed by atoms with E-state index >= 15 is 0 Å². The van der Waals surface area contributed by atoms with E-state index in [0.717, 1.165) is 42.0 Å². The second-order valence-corrected chi connectivity index (χ2v) is 8.91. The van der Waals surface area contributed by atoms with Crippen molar-refractivity contribution in [3.63, 3.8) is 0 Å². The summed E-state index contributed by atoms with van der Waals surface area (Å²) in [6.45, 7) is 2.68. The number of sulfonamides is 1. The van der Waals surface area contributed by atoms with Crippen LogP contribution in [0.1, 0.15) is 48.3 Å². The molecule has 1 aromatic heterocycles. The maximum Gasteiger partial charge on any atom is 0.241 e. The zero-order valence-corrected chi connectivity index (χ0v) is 13.4. The molecular weight excluding hydrogens is 292 g/mol. The van der Waals surface area contributed by atoms with Gasteiger partial charge in [-0.15, -0.1) is 11.3 Å². The van der Waals surface area contributed by atoms with Gasteiger partial charge in [-0.3, -0.25) is 0 Å². The van der Waals surface area contributed by atoms with Gasteiger partial charge in [-0.1, -0.05) is 12.8 Å². The van der Waals surface area contributed by atoms with Gasteiger partial charge in [-0.25, -0.2) is 13.1 Å². The third-order valence-corrected chi connectivity index (χ3v) is 6.86. The Labute approximate surface area is 125 Å². The molecule has 2 aliphatic carbocycles. The number of thiophene rings is 1. The fourth-order valence-corrected chi connectivity index (χ4v) is 5.63. The maximum absolute atomic E-state index is 12.4. The van der Waals surface area contributed by atoms with Crippen LogP contribution in [-0.4, -0.2) is 20.5 Å². The lowest BCUT2D eigenvalue weighted by atomic mass is 10.3. The van der Waals surface area contributed by atoms with Gasteiger partial charge < -0.3 is 5.32 Å². The summed E-state index contributed by atoms with van der Waals surface area (Å²) >= 11 is 1.59. The summed E-state index contributed by atoms with van der Waals surface area (Å²) in [5.41, 5.74) is 0. The Morgan fingerprint density at radius 1 is 1.20 bits per heavy atom. The van der Waals surface area contributed by atoms with E-state index in [1.165, 1.54) is 12.8 Å². The highest BCUT2D eigenvalue weighted by Crippen LogP contribution is 2.28. The van der Waals surface area contributed by atoms with Gasteiger partial charge in [-0.2, -0.15) is 0 Å². The molecule has 0 aliphatic heterocycles. The fraction of sp³-hybridized carbons (Fsp3) is 0.714. The van der Waals surface area contributed by atoms with E-state index < -0.39 is 10.0 Å². The first kappa shape index (κ1) is 14.5. The molecule has 2 N–H and O–H groups in total. The maximum atomic E-state index is 12.4. The van der Waals surface area contributed by atoms with Gasteiger partial charge in [0.25, 0.3) is 0 Å². The van der Waals surface area contributed by atoms with Crippen LogP contribution in [0.15, 0.2) is 11.0 Å². The molecule has 6 heteroatoms. The number of aryl methyl sites for hydroxylation is 1. The molecule has 0 unspecified atom stereocenters. The largest absolute Gasteiger partial charge is 0.309 e. The van der Waals surface area contributed by atoms with E-state index in [9.17, 15) is 8.42 Å². The summed E-state index contributed by atoms with van der Waals surface area (Å²) in [6.07, 6.45) is 6.70. The molecule has 0 saturated heterocycles. The van der Waals surface area contributed by atoms with Crippen LogP contribution in [0.3, 0.4) is 0 Å². The average Bonchev–Trinajstić information content (AvgIpc) is 2.93. The molecule has 2 saturated carbocycles. The minimum atomic E-state index is -3.34. The second-order valence-electron chi connectivity index (χ2n) is 5.89. The van der Waals surface area contributed by atoms with E-state index in [4.69, 9.17) is 0 Å². The van der Waals surface area contributed by atoms with Gasteiger partial charge in [0.2, 0.25) is 10.0 Å². The quantitative estimate of drug-likeness (QED) is 0.848. The molecule has 0 atom stereocenters. The van der Waals surface area contributed by atoms with Crippen LogP contribution in [0, 0.1) is 6.92 Å². The fourth-order valence-electron chi connectivity index (χ4n) is 2.74. The van der Waals surface area contributed by atoms with Crippen LogP contribution in [-0.2, 0) is 16.6 Å². The minimum Gasteiger partial charge on any atom is -0.309 e. The van der Waals surface area contributed by atoms with Crippen LogP contribution in [0.4, 0.5) is 0 Å². The Morgan fingerprint density at radius 2 is 1.90 bits per heavy atom. The van der Waals surface area contributed by atoms with E-state index in [2.05, 4.69) is 10.0 Å². The van der Waals surface area contributed by atoms with E-state index in [1.807, 2.05) is 13.0 Å². The Morgan fingerprint density at radius 3 is 2.55 bits per heavy atom. The Kier molecular flexibility index (Phi) is 4.17. The van der Waals surface area contributed by atoms with Crippen molar-refractivity contribution in [3.8, 4) is 0 Å². The summed E-state index contributed by atoms with van der Waals surface area (Å²) in [5.74, 6) is 0. The van der Waals surface area contributed by atoms with Crippen molar-refractivity contribution < 1.29 is 8.42 Å². The van der Waals surface area contributed by atoms with Crippen molar-refractivity contribution in [2.45, 2.75) is 69.0 Å². The highest BCUT2D eigenvalue weighted by atomic mass is 32.2. The molecule has 20 heavy (non-hydrogen) atoms. The summed E-state index contributed by atoms with van der Waals surface area (Å²) in [5, 5.41) is 3.43. The monoisotopic (exact) mass is 314 g/mol.